The maximum Gasteiger partial charge on any atom is 0.224 e. The van der Waals surface area contributed by atoms with Crippen LogP contribution in [0, 0.1) is 13.8 Å². The first-order valence-corrected chi connectivity index (χ1v) is 11.6. The normalized spacial score (nSPS) is 15.6. The zero-order chi connectivity index (χ0) is 20.9. The average molecular weight is 404 g/mol. The summed E-state index contributed by atoms with van der Waals surface area (Å²) in [6.45, 7) is 4.46. The minimum absolute atomic E-state index is 0.705. The summed E-state index contributed by atoms with van der Waals surface area (Å²) in [6, 6.07) is 18.9. The fourth-order valence-electron chi connectivity index (χ4n) is 6.35. The van der Waals surface area contributed by atoms with Crippen molar-refractivity contribution < 1.29 is 4.57 Å². The lowest BCUT2D eigenvalue weighted by Crippen LogP contribution is -2.29. The van der Waals surface area contributed by atoms with Crippen LogP contribution in [0.2, 0.25) is 0 Å². The van der Waals surface area contributed by atoms with Gasteiger partial charge in [0.2, 0.25) is 5.52 Å². The lowest BCUT2D eigenvalue weighted by Gasteiger charge is -2.16. The number of hydrogen-bond donors (Lipinski definition) is 0. The Labute approximate surface area is 182 Å². The Bertz CT molecular complexity index is 1660. The van der Waals surface area contributed by atoms with E-state index in [1.54, 1.807) is 0 Å². The van der Waals surface area contributed by atoms with Crippen molar-refractivity contribution in [2.24, 2.45) is 7.05 Å². The molecule has 1 aliphatic carbocycles. The van der Waals surface area contributed by atoms with Gasteiger partial charge in [-0.15, -0.1) is 0 Å². The second-order valence-corrected chi connectivity index (χ2v) is 9.77. The van der Waals surface area contributed by atoms with Gasteiger partial charge in [-0.05, 0) is 67.3 Å². The molecule has 0 spiro atoms. The van der Waals surface area contributed by atoms with E-state index >= 15 is 0 Å². The van der Waals surface area contributed by atoms with Gasteiger partial charge < -0.3 is 4.40 Å². The summed E-state index contributed by atoms with van der Waals surface area (Å²) in [6.07, 6.45) is 7.64. The van der Waals surface area contributed by atoms with Gasteiger partial charge in [-0.3, -0.25) is 0 Å². The lowest BCUT2D eigenvalue weighted by atomic mass is 9.92. The Morgan fingerprint density at radius 3 is 2.52 bits per heavy atom. The third kappa shape index (κ3) is 2.20. The van der Waals surface area contributed by atoms with Crippen molar-refractivity contribution in [3.63, 3.8) is 0 Å². The number of aromatic nitrogens is 2. The molecule has 0 saturated heterocycles. The van der Waals surface area contributed by atoms with E-state index in [2.05, 4.69) is 84.6 Å². The molecule has 0 radical (unpaired) electrons. The van der Waals surface area contributed by atoms with Gasteiger partial charge in [0.25, 0.3) is 0 Å². The van der Waals surface area contributed by atoms with Crippen LogP contribution in [-0.2, 0) is 7.05 Å². The summed E-state index contributed by atoms with van der Waals surface area (Å²) in [5, 5.41) is 6.90. The molecule has 0 bridgehead atoms. The highest BCUT2D eigenvalue weighted by molar-refractivity contribution is 6.25. The SMILES string of the molecule is Cc1ccc2c(c1)c1ccc(C)c3c1n2c1cc(C2CCCC2)cc2cc[n+](C)c3c21. The van der Waals surface area contributed by atoms with Crippen LogP contribution >= 0.6 is 0 Å². The van der Waals surface area contributed by atoms with Gasteiger partial charge in [-0.2, -0.15) is 0 Å². The van der Waals surface area contributed by atoms with Crippen LogP contribution in [0.15, 0.2) is 54.7 Å². The van der Waals surface area contributed by atoms with E-state index in [-0.39, 0.29) is 0 Å². The number of nitrogens with zero attached hydrogens (tertiary/aromatic N) is 2. The first kappa shape index (κ1) is 17.5. The fourth-order valence-corrected chi connectivity index (χ4v) is 6.35. The maximum absolute atomic E-state index is 2.57. The molecule has 152 valence electrons. The summed E-state index contributed by atoms with van der Waals surface area (Å²) in [4.78, 5) is 0. The molecule has 31 heavy (non-hydrogen) atoms. The molecule has 1 saturated carbocycles. The predicted molar refractivity (Wildman–Crippen MR) is 130 cm³/mol. The topological polar surface area (TPSA) is 8.29 Å². The van der Waals surface area contributed by atoms with Crippen LogP contribution in [0.25, 0.3) is 49.0 Å². The van der Waals surface area contributed by atoms with Gasteiger partial charge in [-0.25, -0.2) is 4.57 Å². The van der Waals surface area contributed by atoms with Gasteiger partial charge in [0, 0.05) is 16.8 Å². The average Bonchev–Trinajstić information content (AvgIpc) is 3.41. The van der Waals surface area contributed by atoms with Gasteiger partial charge in [-0.1, -0.05) is 42.7 Å². The Morgan fingerprint density at radius 2 is 1.68 bits per heavy atom. The van der Waals surface area contributed by atoms with Crippen LogP contribution < -0.4 is 4.57 Å². The van der Waals surface area contributed by atoms with Gasteiger partial charge in [0.15, 0.2) is 6.20 Å². The number of aryl methyl sites for hydroxylation is 3. The second kappa shape index (κ2) is 5.97. The number of pyridine rings is 2. The molecule has 3 aromatic heterocycles. The molecule has 1 fully saturated rings. The summed E-state index contributed by atoms with van der Waals surface area (Å²) in [7, 11) is 2.20. The minimum atomic E-state index is 0.705. The maximum atomic E-state index is 2.57. The van der Waals surface area contributed by atoms with Gasteiger partial charge in [0.05, 0.1) is 27.3 Å². The van der Waals surface area contributed by atoms with E-state index in [9.17, 15) is 0 Å². The van der Waals surface area contributed by atoms with Crippen molar-refractivity contribution >= 4 is 49.0 Å². The fraction of sp³-hybridized carbons (Fsp3) is 0.276. The largest absolute Gasteiger partial charge is 0.307 e. The molecule has 0 amide bonds. The van der Waals surface area contributed by atoms with Gasteiger partial charge in [0.1, 0.15) is 7.05 Å². The molecule has 3 aromatic carbocycles. The van der Waals surface area contributed by atoms with E-state index in [0.29, 0.717) is 5.92 Å². The lowest BCUT2D eigenvalue weighted by molar-refractivity contribution is -0.643. The van der Waals surface area contributed by atoms with E-state index in [1.807, 2.05) is 0 Å². The van der Waals surface area contributed by atoms with E-state index in [0.717, 1.165) is 0 Å². The third-order valence-corrected chi connectivity index (χ3v) is 7.83. The zero-order valence-corrected chi connectivity index (χ0v) is 18.5. The Kier molecular flexibility index (Phi) is 3.38. The quantitative estimate of drug-likeness (QED) is 0.157. The van der Waals surface area contributed by atoms with Crippen molar-refractivity contribution in [2.75, 3.05) is 0 Å². The van der Waals surface area contributed by atoms with Crippen LogP contribution in [0.1, 0.15) is 48.3 Å². The Balaban J connectivity index is 1.83. The van der Waals surface area contributed by atoms with Crippen molar-refractivity contribution in [1.82, 2.24) is 4.40 Å². The smallest absolute Gasteiger partial charge is 0.224 e. The van der Waals surface area contributed by atoms with Crippen molar-refractivity contribution in [3.8, 4) is 0 Å². The van der Waals surface area contributed by atoms with Crippen LogP contribution in [-0.4, -0.2) is 4.40 Å². The Morgan fingerprint density at radius 1 is 0.839 bits per heavy atom. The van der Waals surface area contributed by atoms with Crippen molar-refractivity contribution in [2.45, 2.75) is 45.4 Å². The third-order valence-electron chi connectivity index (χ3n) is 7.83. The molecule has 0 unspecified atom stereocenters. The summed E-state index contributed by atoms with van der Waals surface area (Å²) < 4.78 is 4.90. The highest BCUT2D eigenvalue weighted by Gasteiger charge is 2.26. The molecule has 3 heterocycles. The molecule has 7 rings (SSSR count). The molecular formula is C29H27N2+. The number of rotatable bonds is 1. The summed E-state index contributed by atoms with van der Waals surface area (Å²) in [5.41, 5.74) is 9.63. The molecule has 0 N–H and O–H groups in total. The Hall–Kier alpha value is -3.13. The van der Waals surface area contributed by atoms with Crippen molar-refractivity contribution in [1.29, 1.82) is 0 Å². The minimum Gasteiger partial charge on any atom is -0.307 e. The molecule has 1 aliphatic rings. The molecule has 0 aliphatic heterocycles. The molecule has 2 nitrogen and oxygen atoms in total. The highest BCUT2D eigenvalue weighted by atomic mass is 15.0. The molecule has 2 heteroatoms. The first-order valence-electron chi connectivity index (χ1n) is 11.6. The van der Waals surface area contributed by atoms with Crippen LogP contribution in [0.5, 0.6) is 0 Å². The number of hydrogen-bond acceptors (Lipinski definition) is 0. The standard InChI is InChI=1S/C29H27N2/c1-17-8-11-24-23(14-17)22-10-9-18(2)26-28(22)31(24)25-16-21(19-6-4-5-7-19)15-20-12-13-30(3)29(26)27(20)25/h8-16,19H,4-7H2,1-3H3/q+1. The van der Waals surface area contributed by atoms with E-state index in [1.165, 1.54) is 91.4 Å². The van der Waals surface area contributed by atoms with E-state index < -0.39 is 0 Å². The molecular weight excluding hydrogens is 376 g/mol. The zero-order valence-electron chi connectivity index (χ0n) is 18.5. The summed E-state index contributed by atoms with van der Waals surface area (Å²) >= 11 is 0. The number of fused-ring (bicyclic) bond motifs is 5. The predicted octanol–water partition coefficient (Wildman–Crippen LogP) is 7.09. The summed E-state index contributed by atoms with van der Waals surface area (Å²) in [5.74, 6) is 0.705. The molecule has 6 aromatic rings. The monoisotopic (exact) mass is 403 g/mol. The van der Waals surface area contributed by atoms with Crippen LogP contribution in [0.4, 0.5) is 0 Å². The van der Waals surface area contributed by atoms with Crippen LogP contribution in [0.3, 0.4) is 0 Å². The highest BCUT2D eigenvalue weighted by Crippen LogP contribution is 2.43. The van der Waals surface area contributed by atoms with Gasteiger partial charge >= 0.3 is 0 Å². The number of benzene rings is 3. The molecule has 0 atom stereocenters. The first-order chi connectivity index (χ1) is 15.1. The van der Waals surface area contributed by atoms with E-state index in [4.69, 9.17) is 0 Å². The van der Waals surface area contributed by atoms with Crippen molar-refractivity contribution in [3.05, 3.63) is 71.4 Å². The second-order valence-electron chi connectivity index (χ2n) is 9.77.